The van der Waals surface area contributed by atoms with Crippen LogP contribution >= 0.6 is 11.6 Å². The lowest BCUT2D eigenvalue weighted by Gasteiger charge is -2.12. The maximum absolute atomic E-state index is 12.6. The second kappa shape index (κ2) is 4.95. The van der Waals surface area contributed by atoms with E-state index in [1.165, 1.54) is 0 Å². The number of aromatic nitrogens is 1. The molecule has 17 heavy (non-hydrogen) atoms. The fourth-order valence-electron chi connectivity index (χ4n) is 1.23. The van der Waals surface area contributed by atoms with Crippen molar-refractivity contribution in [1.82, 2.24) is 4.98 Å². The van der Waals surface area contributed by atoms with Crippen LogP contribution in [0.5, 0.6) is 0 Å². The summed E-state index contributed by atoms with van der Waals surface area (Å²) in [5.74, 6) is -0.634. The van der Waals surface area contributed by atoms with Crippen LogP contribution in [-0.4, -0.2) is 11.3 Å². The van der Waals surface area contributed by atoms with Gasteiger partial charge in [-0.15, -0.1) is 11.6 Å². The molecule has 1 aromatic heterocycles. The van der Waals surface area contributed by atoms with E-state index in [9.17, 15) is 26.7 Å². The topological polar surface area (TPSA) is 30.0 Å². The van der Waals surface area contributed by atoms with Crippen LogP contribution in [0, 0.1) is 0 Å². The second-order valence-corrected chi connectivity index (χ2v) is 3.27. The highest BCUT2D eigenvalue weighted by atomic mass is 35.5. The summed E-state index contributed by atoms with van der Waals surface area (Å²) in [7, 11) is 0. The summed E-state index contributed by atoms with van der Waals surface area (Å²) in [6, 6.07) is 0.282. The third-order valence-corrected chi connectivity index (χ3v) is 2.18. The van der Waals surface area contributed by atoms with Crippen LogP contribution in [0.1, 0.15) is 33.7 Å². The molecule has 0 spiro atoms. The number of pyridine rings is 1. The lowest BCUT2D eigenvalue weighted by Crippen LogP contribution is -2.13. The summed E-state index contributed by atoms with van der Waals surface area (Å²) in [6.45, 7) is 0. The Kier molecular flexibility index (Phi) is 4.03. The molecule has 0 unspecified atom stereocenters. The van der Waals surface area contributed by atoms with Gasteiger partial charge in [0.1, 0.15) is 5.69 Å². The molecule has 0 aromatic carbocycles. The number of carbonyl (C=O) groups is 1. The molecule has 0 amide bonds. The first kappa shape index (κ1) is 13.8. The van der Waals surface area contributed by atoms with E-state index in [1.54, 1.807) is 0 Å². The SMILES string of the molecule is O=Cc1cc(C(F)(F)F)nc(CCl)c1C(F)F. The summed E-state index contributed by atoms with van der Waals surface area (Å²) in [4.78, 5) is 13.5. The second-order valence-electron chi connectivity index (χ2n) is 3.01. The smallest absolute Gasteiger partial charge is 0.298 e. The Labute approximate surface area is 97.4 Å². The molecular formula is C9H5ClF5NO. The number of aldehydes is 1. The Hall–Kier alpha value is -1.24. The predicted octanol–water partition coefficient (Wildman–Crippen LogP) is 3.59. The number of nitrogens with zero attached hydrogens (tertiary/aromatic N) is 1. The van der Waals surface area contributed by atoms with Crippen molar-refractivity contribution in [2.75, 3.05) is 0 Å². The van der Waals surface area contributed by atoms with E-state index in [-0.39, 0.29) is 12.4 Å². The van der Waals surface area contributed by atoms with Crippen molar-refractivity contribution in [3.05, 3.63) is 28.6 Å². The molecule has 0 saturated carbocycles. The number of alkyl halides is 6. The molecule has 1 heterocycles. The van der Waals surface area contributed by atoms with Gasteiger partial charge in [0.05, 0.1) is 17.1 Å². The third-order valence-electron chi connectivity index (χ3n) is 1.93. The first-order chi connectivity index (χ1) is 7.81. The zero-order valence-corrected chi connectivity index (χ0v) is 8.82. The van der Waals surface area contributed by atoms with Gasteiger partial charge in [-0.3, -0.25) is 4.79 Å². The summed E-state index contributed by atoms with van der Waals surface area (Å²) in [6.07, 6.45) is -8.01. The fourth-order valence-corrected chi connectivity index (χ4v) is 1.43. The highest BCUT2D eigenvalue weighted by Crippen LogP contribution is 2.33. The van der Waals surface area contributed by atoms with E-state index in [1.807, 2.05) is 0 Å². The van der Waals surface area contributed by atoms with Gasteiger partial charge < -0.3 is 0 Å². The lowest BCUT2D eigenvalue weighted by atomic mass is 10.1. The van der Waals surface area contributed by atoms with E-state index in [0.29, 0.717) is 0 Å². The number of hydrogen-bond acceptors (Lipinski definition) is 2. The minimum Gasteiger partial charge on any atom is -0.298 e. The standard InChI is InChI=1S/C9H5ClF5NO/c10-2-5-7(8(11)12)4(3-17)1-6(16-5)9(13,14)15/h1,3,8H,2H2. The van der Waals surface area contributed by atoms with Gasteiger partial charge >= 0.3 is 6.18 Å². The van der Waals surface area contributed by atoms with Gasteiger partial charge in [0.2, 0.25) is 0 Å². The molecule has 8 heteroatoms. The monoisotopic (exact) mass is 273 g/mol. The molecule has 0 fully saturated rings. The molecule has 94 valence electrons. The minimum absolute atomic E-state index is 0.0749. The highest BCUT2D eigenvalue weighted by Gasteiger charge is 2.35. The number of rotatable bonds is 3. The van der Waals surface area contributed by atoms with Gasteiger partial charge in [0.15, 0.2) is 6.29 Å². The van der Waals surface area contributed by atoms with Gasteiger partial charge in [0, 0.05) is 5.56 Å². The first-order valence-electron chi connectivity index (χ1n) is 4.21. The summed E-state index contributed by atoms with van der Waals surface area (Å²) in [5, 5.41) is 0. The van der Waals surface area contributed by atoms with Crippen LogP contribution in [0.25, 0.3) is 0 Å². The average Bonchev–Trinajstić information content (AvgIpc) is 2.25. The molecule has 1 rings (SSSR count). The van der Waals surface area contributed by atoms with Crippen LogP contribution in [-0.2, 0) is 12.1 Å². The minimum atomic E-state index is -4.82. The molecule has 0 atom stereocenters. The Bertz CT molecular complexity index is 432. The van der Waals surface area contributed by atoms with E-state index in [0.717, 1.165) is 0 Å². The van der Waals surface area contributed by atoms with E-state index < -0.39 is 41.0 Å². The number of hydrogen-bond donors (Lipinski definition) is 0. The molecule has 0 N–H and O–H groups in total. The van der Waals surface area contributed by atoms with Crippen molar-refractivity contribution in [3.63, 3.8) is 0 Å². The van der Waals surface area contributed by atoms with E-state index in [4.69, 9.17) is 11.6 Å². The third kappa shape index (κ3) is 2.91. The number of carbonyl (C=O) groups excluding carboxylic acids is 1. The molecule has 0 aliphatic rings. The van der Waals surface area contributed by atoms with Gasteiger partial charge in [-0.2, -0.15) is 13.2 Å². The van der Waals surface area contributed by atoms with Gasteiger partial charge in [-0.25, -0.2) is 13.8 Å². The molecule has 0 bridgehead atoms. The molecule has 0 radical (unpaired) electrons. The molecule has 1 aromatic rings. The van der Waals surface area contributed by atoms with Crippen LogP contribution in [0.15, 0.2) is 6.07 Å². The maximum Gasteiger partial charge on any atom is 0.433 e. The zero-order chi connectivity index (χ0) is 13.2. The summed E-state index contributed by atoms with van der Waals surface area (Å²) < 4.78 is 62.1. The van der Waals surface area contributed by atoms with Crippen LogP contribution in [0.4, 0.5) is 22.0 Å². The van der Waals surface area contributed by atoms with Crippen LogP contribution in [0.2, 0.25) is 0 Å². The average molecular weight is 274 g/mol. The van der Waals surface area contributed by atoms with Crippen molar-refractivity contribution in [1.29, 1.82) is 0 Å². The maximum atomic E-state index is 12.6. The molecular weight excluding hydrogens is 269 g/mol. The largest absolute Gasteiger partial charge is 0.433 e. The Balaban J connectivity index is 3.50. The van der Waals surface area contributed by atoms with Gasteiger partial charge in [-0.1, -0.05) is 0 Å². The van der Waals surface area contributed by atoms with Crippen molar-refractivity contribution < 1.29 is 26.7 Å². The normalized spacial score (nSPS) is 11.9. The molecule has 2 nitrogen and oxygen atoms in total. The highest BCUT2D eigenvalue weighted by molar-refractivity contribution is 6.17. The van der Waals surface area contributed by atoms with Crippen molar-refractivity contribution in [2.45, 2.75) is 18.5 Å². The molecule has 0 aliphatic heterocycles. The zero-order valence-electron chi connectivity index (χ0n) is 8.06. The first-order valence-corrected chi connectivity index (χ1v) is 4.75. The predicted molar refractivity (Wildman–Crippen MR) is 49.1 cm³/mol. The molecule has 0 saturated heterocycles. The van der Waals surface area contributed by atoms with Crippen molar-refractivity contribution in [3.8, 4) is 0 Å². The summed E-state index contributed by atoms with van der Waals surface area (Å²) in [5.41, 5.74) is -3.67. The van der Waals surface area contributed by atoms with Gasteiger partial charge in [0.25, 0.3) is 6.43 Å². The van der Waals surface area contributed by atoms with Crippen LogP contribution in [0.3, 0.4) is 0 Å². The Morgan fingerprint density at radius 1 is 1.41 bits per heavy atom. The van der Waals surface area contributed by atoms with Crippen molar-refractivity contribution in [2.24, 2.45) is 0 Å². The van der Waals surface area contributed by atoms with E-state index in [2.05, 4.69) is 4.98 Å². The summed E-state index contributed by atoms with van der Waals surface area (Å²) >= 11 is 5.25. The molecule has 0 aliphatic carbocycles. The number of halogens is 6. The van der Waals surface area contributed by atoms with Gasteiger partial charge in [-0.05, 0) is 6.07 Å². The van der Waals surface area contributed by atoms with E-state index >= 15 is 0 Å². The van der Waals surface area contributed by atoms with Crippen molar-refractivity contribution >= 4 is 17.9 Å². The van der Waals surface area contributed by atoms with Crippen LogP contribution < -0.4 is 0 Å². The Morgan fingerprint density at radius 2 is 2.00 bits per heavy atom. The Morgan fingerprint density at radius 3 is 2.35 bits per heavy atom. The fraction of sp³-hybridized carbons (Fsp3) is 0.333. The lowest BCUT2D eigenvalue weighted by molar-refractivity contribution is -0.141. The quantitative estimate of drug-likeness (QED) is 0.478.